The van der Waals surface area contributed by atoms with Crippen molar-refractivity contribution >= 4 is 15.0 Å². The molecule has 0 radical (unpaired) electrons. The largest absolute Gasteiger partial charge is 0.776 e. The second-order valence-corrected chi connectivity index (χ2v) is 9.07. The van der Waals surface area contributed by atoms with E-state index in [1.807, 2.05) is 0 Å². The zero-order chi connectivity index (χ0) is 16.7. The first-order valence-corrected chi connectivity index (χ1v) is 9.00. The highest BCUT2D eigenvalue weighted by atomic mass is 31.2. The van der Waals surface area contributed by atoms with Gasteiger partial charge >= 0.3 is 6.18 Å². The number of hydrogen-bond donors (Lipinski definition) is 3. The summed E-state index contributed by atoms with van der Waals surface area (Å²) >= 11 is 0. The van der Waals surface area contributed by atoms with Gasteiger partial charge in [-0.25, -0.2) is 4.57 Å². The molecule has 120 valence electrons. The van der Waals surface area contributed by atoms with Crippen LogP contribution >= 0.6 is 15.0 Å². The average molecular weight is 349 g/mol. The van der Waals surface area contributed by atoms with E-state index in [1.54, 1.807) is 0 Å². The third kappa shape index (κ3) is 3.91. The Labute approximate surface area is 117 Å². The minimum atomic E-state index is -5.74. The van der Waals surface area contributed by atoms with Gasteiger partial charge in [-0.1, -0.05) is 0 Å². The molecule has 0 saturated carbocycles. The summed E-state index contributed by atoms with van der Waals surface area (Å²) in [5.41, 5.74) is -1.16. The minimum absolute atomic E-state index is 0.441. The molecule has 1 rings (SSSR count). The summed E-state index contributed by atoms with van der Waals surface area (Å²) in [5.74, 6) is 0. The molecule has 0 aliphatic heterocycles. The number of pyridine rings is 1. The van der Waals surface area contributed by atoms with Crippen molar-refractivity contribution in [3.05, 3.63) is 30.1 Å². The summed E-state index contributed by atoms with van der Waals surface area (Å²) in [6, 6.07) is 1.60. The molecule has 12 heteroatoms. The fraction of sp³-hybridized carbons (Fsp3) is 0.444. The lowest BCUT2D eigenvalue weighted by Gasteiger charge is -2.35. The van der Waals surface area contributed by atoms with E-state index in [2.05, 4.69) is 0 Å². The van der Waals surface area contributed by atoms with Crippen molar-refractivity contribution in [3.8, 4) is 0 Å². The number of hydrogen-bond acceptors (Lipinski definition) is 4. The third-order valence-electron chi connectivity index (χ3n) is 2.70. The molecule has 3 unspecified atom stereocenters. The van der Waals surface area contributed by atoms with Gasteiger partial charge in [-0.2, -0.15) is 13.2 Å². The Morgan fingerprint density at radius 2 is 1.86 bits per heavy atom. The molecule has 3 atom stereocenters. The first-order valence-electron chi connectivity index (χ1n) is 5.31. The summed E-state index contributed by atoms with van der Waals surface area (Å²) in [7, 11) is -10.5. The summed E-state index contributed by atoms with van der Waals surface area (Å²) in [5, 5.41) is 6.30. The maximum atomic E-state index is 12.5. The topological polar surface area (TPSA) is 122 Å². The van der Waals surface area contributed by atoms with Gasteiger partial charge in [0.2, 0.25) is 7.37 Å². The van der Waals surface area contributed by atoms with E-state index in [1.165, 1.54) is 0 Å². The van der Waals surface area contributed by atoms with Crippen LogP contribution in [0.4, 0.5) is 13.2 Å². The number of halogens is 3. The van der Waals surface area contributed by atoms with Crippen molar-refractivity contribution in [3.63, 3.8) is 0 Å². The molecule has 0 bridgehead atoms. The van der Waals surface area contributed by atoms with Crippen molar-refractivity contribution in [2.45, 2.75) is 17.8 Å². The third-order valence-corrected chi connectivity index (χ3v) is 7.09. The molecule has 7 nitrogen and oxygen atoms in total. The zero-order valence-electron chi connectivity index (χ0n) is 10.6. The molecule has 21 heavy (non-hydrogen) atoms. The lowest BCUT2D eigenvalue weighted by atomic mass is 10.3. The quantitative estimate of drug-likeness (QED) is 0.523. The maximum Gasteiger partial charge on any atom is 0.422 e. The maximum absolute atomic E-state index is 12.5. The highest BCUT2D eigenvalue weighted by molar-refractivity contribution is 7.74. The molecule has 0 aliphatic carbocycles. The van der Waals surface area contributed by atoms with Crippen LogP contribution in [0.2, 0.25) is 0 Å². The standard InChI is InChI=1S/C9H12F3NO6P2/c1-20(15,16)8(14,21(17,18)19)6-13-4-2-3-7(5-13)9(10,11)12/h2-5,14H,6H2,1H3,(H2-,15,16,17,18,19). The monoisotopic (exact) mass is 349 g/mol. The van der Waals surface area contributed by atoms with E-state index < -0.39 is 38.3 Å². The van der Waals surface area contributed by atoms with E-state index in [0.29, 0.717) is 23.5 Å². The minimum Gasteiger partial charge on any atom is -0.776 e. The number of rotatable bonds is 4. The highest BCUT2D eigenvalue weighted by Gasteiger charge is 2.54. The van der Waals surface area contributed by atoms with E-state index in [-0.39, 0.29) is 0 Å². The van der Waals surface area contributed by atoms with E-state index in [9.17, 15) is 37.2 Å². The first kappa shape index (κ1) is 18.3. The highest BCUT2D eigenvalue weighted by Crippen LogP contribution is 2.65. The predicted octanol–water partition coefficient (Wildman–Crippen LogP) is 0.0849. The SMILES string of the molecule is CP(=O)(O)C(O)(C[n+]1cccc(C(F)(F)F)c1)P(=O)([O-])O. The fourth-order valence-electron chi connectivity index (χ4n) is 1.49. The molecule has 1 aromatic rings. The van der Waals surface area contributed by atoms with Crippen LogP contribution in [0.5, 0.6) is 0 Å². The summed E-state index contributed by atoms with van der Waals surface area (Å²) < 4.78 is 60.8. The Kier molecular flexibility index (Phi) is 4.76. The van der Waals surface area contributed by atoms with E-state index in [0.717, 1.165) is 12.3 Å². The van der Waals surface area contributed by atoms with Gasteiger partial charge in [0.15, 0.2) is 26.5 Å². The molecule has 3 N–H and O–H groups in total. The van der Waals surface area contributed by atoms with Crippen molar-refractivity contribution in [1.29, 1.82) is 0 Å². The Morgan fingerprint density at radius 3 is 2.24 bits per heavy atom. The molecular weight excluding hydrogens is 337 g/mol. The lowest BCUT2D eigenvalue weighted by molar-refractivity contribution is -0.704. The van der Waals surface area contributed by atoms with Crippen molar-refractivity contribution in [2.24, 2.45) is 0 Å². The van der Waals surface area contributed by atoms with Gasteiger partial charge in [0.1, 0.15) is 5.56 Å². The van der Waals surface area contributed by atoms with Gasteiger partial charge < -0.3 is 24.4 Å². The number of nitrogens with zero attached hydrogens (tertiary/aromatic N) is 1. The molecular formula is C9H12F3NO6P2. The van der Waals surface area contributed by atoms with Gasteiger partial charge in [0.25, 0.3) is 5.08 Å². The molecule has 0 spiro atoms. The fourth-order valence-corrected chi connectivity index (χ4v) is 4.13. The number of aliphatic hydroxyl groups is 1. The molecule has 0 amide bonds. The average Bonchev–Trinajstić information content (AvgIpc) is 2.25. The summed E-state index contributed by atoms with van der Waals surface area (Å²) in [6.45, 7) is -0.763. The zero-order valence-corrected chi connectivity index (χ0v) is 12.3. The van der Waals surface area contributed by atoms with Gasteiger partial charge in [-0.3, -0.25) is 4.57 Å². The van der Waals surface area contributed by atoms with Gasteiger partial charge in [0, 0.05) is 12.7 Å². The molecule has 1 heterocycles. The normalized spacial score (nSPS) is 21.1. The van der Waals surface area contributed by atoms with Crippen LogP contribution in [0.15, 0.2) is 24.5 Å². The van der Waals surface area contributed by atoms with Gasteiger partial charge in [-0.05, 0) is 6.07 Å². The second kappa shape index (κ2) is 5.46. The van der Waals surface area contributed by atoms with Crippen LogP contribution in [-0.2, 0) is 21.9 Å². The summed E-state index contributed by atoms with van der Waals surface area (Å²) in [6.07, 6.45) is -3.33. The first-order chi connectivity index (χ1) is 9.18. The number of alkyl halides is 3. The van der Waals surface area contributed by atoms with Crippen LogP contribution in [0.3, 0.4) is 0 Å². The van der Waals surface area contributed by atoms with Crippen LogP contribution in [-0.4, -0.2) is 26.6 Å². The lowest BCUT2D eigenvalue weighted by Crippen LogP contribution is -2.49. The van der Waals surface area contributed by atoms with Crippen LogP contribution in [0.1, 0.15) is 5.56 Å². The van der Waals surface area contributed by atoms with Crippen LogP contribution < -0.4 is 9.46 Å². The van der Waals surface area contributed by atoms with Crippen LogP contribution in [0, 0.1) is 0 Å². The molecule has 0 aromatic carbocycles. The molecule has 0 saturated heterocycles. The number of aromatic nitrogens is 1. The molecule has 0 aliphatic rings. The van der Waals surface area contributed by atoms with Gasteiger partial charge in [-0.15, -0.1) is 0 Å². The van der Waals surface area contributed by atoms with Crippen LogP contribution in [0.25, 0.3) is 0 Å². The Balaban J connectivity index is 3.31. The van der Waals surface area contributed by atoms with Gasteiger partial charge in [0.05, 0.1) is 0 Å². The molecule has 0 fully saturated rings. The second-order valence-electron chi connectivity index (χ2n) is 4.44. The van der Waals surface area contributed by atoms with Crippen molar-refractivity contribution in [2.75, 3.05) is 6.66 Å². The Morgan fingerprint density at radius 1 is 1.33 bits per heavy atom. The van der Waals surface area contributed by atoms with E-state index in [4.69, 9.17) is 4.89 Å². The van der Waals surface area contributed by atoms with Crippen molar-refractivity contribution < 1.29 is 46.7 Å². The van der Waals surface area contributed by atoms with E-state index >= 15 is 0 Å². The smallest absolute Gasteiger partial charge is 0.422 e. The Bertz CT molecular complexity index is 600. The predicted molar refractivity (Wildman–Crippen MR) is 62.2 cm³/mol. The Hall–Kier alpha value is -0.760. The van der Waals surface area contributed by atoms with Crippen molar-refractivity contribution in [1.82, 2.24) is 0 Å². The molecule has 1 aromatic heterocycles. The summed E-state index contributed by atoms with van der Waals surface area (Å²) in [4.78, 5) is 29.4.